The Morgan fingerprint density at radius 2 is 1.92 bits per heavy atom. The molecule has 2 rings (SSSR count). The molecule has 0 unspecified atom stereocenters. The quantitative estimate of drug-likeness (QED) is 0.664. The van der Waals surface area contributed by atoms with E-state index in [2.05, 4.69) is 0 Å². The molecule has 5 heteroatoms. The average molecular weight is 330 g/mol. The highest BCUT2D eigenvalue weighted by Crippen LogP contribution is 2.14. The molecule has 0 bridgehead atoms. The van der Waals surface area contributed by atoms with Crippen LogP contribution in [0.15, 0.2) is 42.6 Å². The minimum atomic E-state index is 0.123. The lowest BCUT2D eigenvalue weighted by atomic mass is 10.1. The van der Waals surface area contributed by atoms with E-state index in [1.807, 2.05) is 59.1 Å². The van der Waals surface area contributed by atoms with Gasteiger partial charge in [-0.25, -0.2) is 0 Å². The summed E-state index contributed by atoms with van der Waals surface area (Å²) in [5.74, 6) is 0.921. The van der Waals surface area contributed by atoms with Crippen molar-refractivity contribution >= 4 is 5.91 Å². The van der Waals surface area contributed by atoms with Gasteiger partial charge in [-0.3, -0.25) is 4.79 Å². The summed E-state index contributed by atoms with van der Waals surface area (Å²) >= 11 is 0. The molecule has 1 aromatic heterocycles. The number of benzene rings is 1. The number of rotatable bonds is 9. The summed E-state index contributed by atoms with van der Waals surface area (Å²) in [4.78, 5) is 14.6. The molecule has 1 amide bonds. The number of carbonyl (C=O) groups excluding carboxylic acids is 1. The van der Waals surface area contributed by atoms with Gasteiger partial charge in [0, 0.05) is 39.2 Å². The van der Waals surface area contributed by atoms with E-state index >= 15 is 0 Å². The van der Waals surface area contributed by atoms with Crippen LogP contribution in [0.25, 0.3) is 0 Å². The van der Waals surface area contributed by atoms with E-state index < -0.39 is 0 Å². The first-order valence-electron chi connectivity index (χ1n) is 8.14. The standard InChI is InChI=1S/C19H26N2O3/c1-20-11-4-6-17(20)15-21(12-5-13-23-2)19(22)14-16-7-9-18(24-3)10-8-16/h4,6-11H,5,12-15H2,1-3H3. The molecule has 0 aliphatic heterocycles. The highest BCUT2D eigenvalue weighted by molar-refractivity contribution is 5.78. The molecule has 0 saturated carbocycles. The van der Waals surface area contributed by atoms with Crippen LogP contribution in [0.2, 0.25) is 0 Å². The number of methoxy groups -OCH3 is 2. The number of amides is 1. The smallest absolute Gasteiger partial charge is 0.227 e. The van der Waals surface area contributed by atoms with E-state index in [0.29, 0.717) is 26.1 Å². The molecule has 0 radical (unpaired) electrons. The molecular formula is C19H26N2O3. The van der Waals surface area contributed by atoms with Crippen molar-refractivity contribution in [3.05, 3.63) is 53.9 Å². The Kier molecular flexibility index (Phi) is 6.88. The molecule has 2 aromatic rings. The number of hydrogen-bond acceptors (Lipinski definition) is 3. The maximum absolute atomic E-state index is 12.7. The minimum Gasteiger partial charge on any atom is -0.497 e. The van der Waals surface area contributed by atoms with Crippen molar-refractivity contribution in [3.8, 4) is 5.75 Å². The third-order valence-electron chi connectivity index (χ3n) is 4.05. The second-order valence-electron chi connectivity index (χ2n) is 5.80. The minimum absolute atomic E-state index is 0.123. The van der Waals surface area contributed by atoms with Crippen LogP contribution in [0.3, 0.4) is 0 Å². The van der Waals surface area contributed by atoms with Crippen LogP contribution in [0, 0.1) is 0 Å². The van der Waals surface area contributed by atoms with Gasteiger partial charge in [-0.2, -0.15) is 0 Å². The molecule has 0 spiro atoms. The van der Waals surface area contributed by atoms with E-state index in [1.165, 1.54) is 0 Å². The van der Waals surface area contributed by atoms with Gasteiger partial charge in [-0.1, -0.05) is 12.1 Å². The zero-order chi connectivity index (χ0) is 17.4. The second kappa shape index (κ2) is 9.13. The van der Waals surface area contributed by atoms with Crippen molar-refractivity contribution in [3.63, 3.8) is 0 Å². The fraction of sp³-hybridized carbons (Fsp3) is 0.421. The summed E-state index contributed by atoms with van der Waals surface area (Å²) in [6.45, 7) is 1.95. The van der Waals surface area contributed by atoms with E-state index in [0.717, 1.165) is 23.4 Å². The van der Waals surface area contributed by atoms with E-state index in [9.17, 15) is 4.79 Å². The van der Waals surface area contributed by atoms with E-state index in [4.69, 9.17) is 9.47 Å². The monoisotopic (exact) mass is 330 g/mol. The van der Waals surface area contributed by atoms with E-state index in [-0.39, 0.29) is 5.91 Å². The van der Waals surface area contributed by atoms with Crippen LogP contribution in [0.4, 0.5) is 0 Å². The zero-order valence-corrected chi connectivity index (χ0v) is 14.7. The molecule has 0 N–H and O–H groups in total. The molecule has 24 heavy (non-hydrogen) atoms. The van der Waals surface area contributed by atoms with Gasteiger partial charge in [0.2, 0.25) is 5.91 Å². The van der Waals surface area contributed by atoms with Gasteiger partial charge < -0.3 is 18.9 Å². The number of ether oxygens (including phenoxy) is 2. The van der Waals surface area contributed by atoms with Crippen LogP contribution in [0.5, 0.6) is 5.75 Å². The van der Waals surface area contributed by atoms with Crippen LogP contribution >= 0.6 is 0 Å². The maximum atomic E-state index is 12.7. The Labute approximate surface area is 143 Å². The fourth-order valence-corrected chi connectivity index (χ4v) is 2.58. The fourth-order valence-electron chi connectivity index (χ4n) is 2.58. The summed E-state index contributed by atoms with van der Waals surface area (Å²) in [5, 5.41) is 0. The number of nitrogens with zero attached hydrogens (tertiary/aromatic N) is 2. The Morgan fingerprint density at radius 3 is 2.50 bits per heavy atom. The molecule has 130 valence electrons. The van der Waals surface area contributed by atoms with Gasteiger partial charge in [-0.05, 0) is 36.2 Å². The normalized spacial score (nSPS) is 10.6. The van der Waals surface area contributed by atoms with Crippen LogP contribution in [-0.2, 0) is 29.5 Å². The Morgan fingerprint density at radius 1 is 1.17 bits per heavy atom. The van der Waals surface area contributed by atoms with Crippen LogP contribution in [-0.4, -0.2) is 42.7 Å². The van der Waals surface area contributed by atoms with Crippen LogP contribution < -0.4 is 4.74 Å². The topological polar surface area (TPSA) is 43.7 Å². The van der Waals surface area contributed by atoms with Gasteiger partial charge in [-0.15, -0.1) is 0 Å². The van der Waals surface area contributed by atoms with Crippen molar-refractivity contribution in [2.24, 2.45) is 7.05 Å². The van der Waals surface area contributed by atoms with Crippen molar-refractivity contribution < 1.29 is 14.3 Å². The maximum Gasteiger partial charge on any atom is 0.227 e. The number of aryl methyl sites for hydroxylation is 1. The molecule has 0 fully saturated rings. The molecule has 0 aliphatic rings. The van der Waals surface area contributed by atoms with Crippen molar-refractivity contribution in [2.45, 2.75) is 19.4 Å². The molecule has 1 heterocycles. The van der Waals surface area contributed by atoms with Crippen molar-refractivity contribution in [1.29, 1.82) is 0 Å². The largest absolute Gasteiger partial charge is 0.497 e. The lowest BCUT2D eigenvalue weighted by Gasteiger charge is -2.23. The van der Waals surface area contributed by atoms with Gasteiger partial charge in [0.05, 0.1) is 20.1 Å². The lowest BCUT2D eigenvalue weighted by Crippen LogP contribution is -2.33. The molecule has 5 nitrogen and oxygen atoms in total. The summed E-state index contributed by atoms with van der Waals surface area (Å²) < 4.78 is 12.3. The van der Waals surface area contributed by atoms with Crippen molar-refractivity contribution in [1.82, 2.24) is 9.47 Å². The van der Waals surface area contributed by atoms with E-state index in [1.54, 1.807) is 14.2 Å². The highest BCUT2D eigenvalue weighted by Gasteiger charge is 2.15. The third-order valence-corrected chi connectivity index (χ3v) is 4.05. The predicted octanol–water partition coefficient (Wildman–Crippen LogP) is 2.64. The zero-order valence-electron chi connectivity index (χ0n) is 14.7. The molecular weight excluding hydrogens is 304 g/mol. The van der Waals surface area contributed by atoms with Gasteiger partial charge in [0.1, 0.15) is 5.75 Å². The van der Waals surface area contributed by atoms with Crippen LogP contribution in [0.1, 0.15) is 17.7 Å². The number of hydrogen-bond donors (Lipinski definition) is 0. The first kappa shape index (κ1) is 18.1. The third kappa shape index (κ3) is 5.13. The molecule has 0 saturated heterocycles. The summed E-state index contributed by atoms with van der Waals surface area (Å²) in [5.41, 5.74) is 2.11. The number of aromatic nitrogens is 1. The van der Waals surface area contributed by atoms with Gasteiger partial charge in [0.25, 0.3) is 0 Å². The molecule has 0 atom stereocenters. The second-order valence-corrected chi connectivity index (χ2v) is 5.80. The van der Waals surface area contributed by atoms with Gasteiger partial charge >= 0.3 is 0 Å². The average Bonchev–Trinajstić information content (AvgIpc) is 2.99. The van der Waals surface area contributed by atoms with Crippen molar-refractivity contribution in [2.75, 3.05) is 27.4 Å². The Hall–Kier alpha value is -2.27. The Balaban J connectivity index is 2.03. The van der Waals surface area contributed by atoms with Gasteiger partial charge in [0.15, 0.2) is 0 Å². The highest BCUT2D eigenvalue weighted by atomic mass is 16.5. The summed E-state index contributed by atoms with van der Waals surface area (Å²) in [6, 6.07) is 11.7. The SMILES string of the molecule is COCCCN(Cc1cccn1C)C(=O)Cc1ccc(OC)cc1. The summed E-state index contributed by atoms with van der Waals surface area (Å²) in [6.07, 6.45) is 3.22. The number of carbonyl (C=O) groups is 1. The first-order valence-corrected chi connectivity index (χ1v) is 8.14. The predicted molar refractivity (Wildman–Crippen MR) is 94.0 cm³/mol. The molecule has 1 aromatic carbocycles. The first-order chi connectivity index (χ1) is 11.6. The lowest BCUT2D eigenvalue weighted by molar-refractivity contribution is -0.131. The summed E-state index contributed by atoms with van der Waals surface area (Å²) in [7, 11) is 5.31. The Bertz CT molecular complexity index is 634. The molecule has 0 aliphatic carbocycles.